The quantitative estimate of drug-likeness (QED) is 0.858. The molecule has 2 rings (SSSR count). The summed E-state index contributed by atoms with van der Waals surface area (Å²) in [6, 6.07) is 3.31. The van der Waals surface area contributed by atoms with Gasteiger partial charge in [-0.2, -0.15) is 0 Å². The van der Waals surface area contributed by atoms with E-state index in [1.165, 1.54) is 12.1 Å². The fraction of sp³-hybridized carbons (Fsp3) is 0.600. The van der Waals surface area contributed by atoms with Crippen molar-refractivity contribution in [2.24, 2.45) is 0 Å². The third kappa shape index (κ3) is 2.72. The van der Waals surface area contributed by atoms with Crippen LogP contribution in [0.25, 0.3) is 0 Å². The molecule has 1 aromatic carbocycles. The molecule has 100 valence electrons. The molecule has 1 aromatic rings. The highest BCUT2D eigenvalue weighted by atomic mass is 19.1. The zero-order chi connectivity index (χ0) is 13.1. The fourth-order valence-electron chi connectivity index (χ4n) is 2.83. The van der Waals surface area contributed by atoms with E-state index in [2.05, 4.69) is 12.2 Å². The van der Waals surface area contributed by atoms with Crippen LogP contribution in [0.15, 0.2) is 12.1 Å². The first-order chi connectivity index (χ1) is 8.63. The highest BCUT2D eigenvalue weighted by Gasteiger charge is 2.29. The van der Waals surface area contributed by atoms with Crippen LogP contribution in [-0.4, -0.2) is 12.6 Å². The zero-order valence-electron chi connectivity index (χ0n) is 11.1. The van der Waals surface area contributed by atoms with Crippen molar-refractivity contribution in [2.75, 3.05) is 6.54 Å². The fourth-order valence-corrected chi connectivity index (χ4v) is 2.83. The van der Waals surface area contributed by atoms with E-state index in [0.29, 0.717) is 17.2 Å². The lowest BCUT2D eigenvalue weighted by atomic mass is 9.94. The molecular weight excluding hydrogens is 232 g/mol. The summed E-state index contributed by atoms with van der Waals surface area (Å²) in [7, 11) is 0. The van der Waals surface area contributed by atoms with Gasteiger partial charge in [-0.3, -0.25) is 0 Å². The number of aryl methyl sites for hydroxylation is 1. The maximum absolute atomic E-state index is 14.0. The molecule has 0 saturated heterocycles. The summed E-state index contributed by atoms with van der Waals surface area (Å²) >= 11 is 0. The van der Waals surface area contributed by atoms with Gasteiger partial charge in [0.2, 0.25) is 0 Å². The Hall–Kier alpha value is -0.960. The Morgan fingerprint density at radius 1 is 1.28 bits per heavy atom. The lowest BCUT2D eigenvalue weighted by Gasteiger charge is -2.15. The van der Waals surface area contributed by atoms with Crippen LogP contribution < -0.4 is 5.32 Å². The van der Waals surface area contributed by atoms with Gasteiger partial charge in [-0.05, 0) is 56.7 Å². The minimum Gasteiger partial charge on any atom is -0.314 e. The Balaban J connectivity index is 2.12. The molecule has 2 atom stereocenters. The Morgan fingerprint density at radius 2 is 2.06 bits per heavy atom. The van der Waals surface area contributed by atoms with Gasteiger partial charge in [-0.25, -0.2) is 8.78 Å². The van der Waals surface area contributed by atoms with E-state index >= 15 is 0 Å². The van der Waals surface area contributed by atoms with Crippen LogP contribution in [0.3, 0.4) is 0 Å². The minimum atomic E-state index is -0.390. The molecule has 1 fully saturated rings. The zero-order valence-corrected chi connectivity index (χ0v) is 11.1. The molecule has 0 aliphatic heterocycles. The van der Waals surface area contributed by atoms with Crippen molar-refractivity contribution in [1.82, 2.24) is 5.32 Å². The van der Waals surface area contributed by atoms with Crippen molar-refractivity contribution in [1.29, 1.82) is 0 Å². The summed E-state index contributed by atoms with van der Waals surface area (Å²) in [5.41, 5.74) is 0.840. The molecule has 0 bridgehead atoms. The molecule has 1 N–H and O–H groups in total. The molecular formula is C15H21F2N. The van der Waals surface area contributed by atoms with Gasteiger partial charge in [0.15, 0.2) is 0 Å². The Labute approximate surface area is 108 Å². The predicted molar refractivity (Wildman–Crippen MR) is 69.8 cm³/mol. The Kier molecular flexibility index (Phi) is 4.33. The van der Waals surface area contributed by atoms with E-state index in [1.807, 2.05) is 0 Å². The molecule has 0 radical (unpaired) electrons. The highest BCUT2D eigenvalue weighted by Crippen LogP contribution is 2.37. The number of nitrogens with one attached hydrogen (secondary N) is 1. The van der Waals surface area contributed by atoms with E-state index in [9.17, 15) is 8.78 Å². The molecule has 0 amide bonds. The SMILES string of the molecule is CCCNC1CCC(c2c(F)ccc(C)c2F)C1. The van der Waals surface area contributed by atoms with Crippen LogP contribution in [0.2, 0.25) is 0 Å². The largest absolute Gasteiger partial charge is 0.314 e. The van der Waals surface area contributed by atoms with Gasteiger partial charge in [-0.15, -0.1) is 0 Å². The van der Waals surface area contributed by atoms with E-state index in [4.69, 9.17) is 0 Å². The summed E-state index contributed by atoms with van der Waals surface area (Å²) in [6.45, 7) is 4.80. The van der Waals surface area contributed by atoms with Gasteiger partial charge in [0, 0.05) is 11.6 Å². The van der Waals surface area contributed by atoms with E-state index < -0.39 is 0 Å². The standard InChI is InChI=1S/C15H21F2N/c1-3-8-18-12-6-5-11(9-12)14-13(16)7-4-10(2)15(14)17/h4,7,11-12,18H,3,5-6,8-9H2,1-2H3. The third-order valence-electron chi connectivity index (χ3n) is 3.84. The molecule has 1 nitrogen and oxygen atoms in total. The molecule has 18 heavy (non-hydrogen) atoms. The second kappa shape index (κ2) is 5.79. The van der Waals surface area contributed by atoms with Gasteiger partial charge in [0.25, 0.3) is 0 Å². The topological polar surface area (TPSA) is 12.0 Å². The van der Waals surface area contributed by atoms with Crippen LogP contribution in [0.4, 0.5) is 8.78 Å². The number of hydrogen-bond acceptors (Lipinski definition) is 1. The van der Waals surface area contributed by atoms with Crippen LogP contribution in [0.5, 0.6) is 0 Å². The summed E-state index contributed by atoms with van der Waals surface area (Å²) in [5, 5.41) is 3.44. The van der Waals surface area contributed by atoms with Crippen LogP contribution >= 0.6 is 0 Å². The van der Waals surface area contributed by atoms with Gasteiger partial charge < -0.3 is 5.32 Å². The third-order valence-corrected chi connectivity index (χ3v) is 3.84. The summed E-state index contributed by atoms with van der Waals surface area (Å²) in [5.74, 6) is -0.713. The van der Waals surface area contributed by atoms with Gasteiger partial charge in [-0.1, -0.05) is 13.0 Å². The van der Waals surface area contributed by atoms with Gasteiger partial charge in [0.1, 0.15) is 11.6 Å². The first-order valence-electron chi connectivity index (χ1n) is 6.81. The number of halogens is 2. The molecule has 2 unspecified atom stereocenters. The minimum absolute atomic E-state index is 0.0271. The van der Waals surface area contributed by atoms with Crippen molar-refractivity contribution in [3.63, 3.8) is 0 Å². The average molecular weight is 253 g/mol. The second-order valence-electron chi connectivity index (χ2n) is 5.25. The van der Waals surface area contributed by atoms with E-state index in [0.717, 1.165) is 32.2 Å². The van der Waals surface area contributed by atoms with E-state index in [-0.39, 0.29) is 17.6 Å². The Bertz CT molecular complexity index is 417. The lowest BCUT2D eigenvalue weighted by molar-refractivity contribution is 0.495. The number of hydrogen-bond donors (Lipinski definition) is 1. The van der Waals surface area contributed by atoms with Crippen molar-refractivity contribution >= 4 is 0 Å². The molecule has 0 heterocycles. The van der Waals surface area contributed by atoms with Crippen molar-refractivity contribution in [3.8, 4) is 0 Å². The predicted octanol–water partition coefficient (Wildman–Crippen LogP) is 3.91. The summed E-state index contributed by atoms with van der Waals surface area (Å²) < 4.78 is 27.8. The summed E-state index contributed by atoms with van der Waals surface area (Å²) in [6.07, 6.45) is 3.82. The molecule has 1 aliphatic carbocycles. The average Bonchev–Trinajstić information content (AvgIpc) is 2.80. The van der Waals surface area contributed by atoms with Crippen molar-refractivity contribution in [3.05, 3.63) is 34.9 Å². The van der Waals surface area contributed by atoms with Gasteiger partial charge in [0.05, 0.1) is 0 Å². The maximum Gasteiger partial charge on any atom is 0.132 e. The molecule has 3 heteroatoms. The molecule has 0 aromatic heterocycles. The monoisotopic (exact) mass is 253 g/mol. The van der Waals surface area contributed by atoms with Crippen LogP contribution in [0.1, 0.15) is 49.7 Å². The maximum atomic E-state index is 14.0. The number of benzene rings is 1. The van der Waals surface area contributed by atoms with E-state index in [1.54, 1.807) is 6.92 Å². The normalized spacial score (nSPS) is 23.6. The first-order valence-corrected chi connectivity index (χ1v) is 6.81. The van der Waals surface area contributed by atoms with Gasteiger partial charge >= 0.3 is 0 Å². The number of rotatable bonds is 4. The smallest absolute Gasteiger partial charge is 0.132 e. The molecule has 1 aliphatic rings. The van der Waals surface area contributed by atoms with Crippen LogP contribution in [-0.2, 0) is 0 Å². The molecule has 1 saturated carbocycles. The lowest BCUT2D eigenvalue weighted by Crippen LogP contribution is -2.27. The van der Waals surface area contributed by atoms with Crippen molar-refractivity contribution in [2.45, 2.75) is 51.5 Å². The Morgan fingerprint density at radius 3 is 2.78 bits per heavy atom. The van der Waals surface area contributed by atoms with Crippen LogP contribution in [0, 0.1) is 18.6 Å². The highest BCUT2D eigenvalue weighted by molar-refractivity contribution is 5.30. The first kappa shape index (κ1) is 13.5. The molecule has 0 spiro atoms. The summed E-state index contributed by atoms with van der Waals surface area (Å²) in [4.78, 5) is 0. The van der Waals surface area contributed by atoms with Crippen molar-refractivity contribution < 1.29 is 8.78 Å². The second-order valence-corrected chi connectivity index (χ2v) is 5.25.